The highest BCUT2D eigenvalue weighted by Crippen LogP contribution is 2.31. The minimum absolute atomic E-state index is 0.0729. The van der Waals surface area contributed by atoms with Crippen LogP contribution in [0.15, 0.2) is 42.2 Å². The lowest BCUT2D eigenvalue weighted by atomic mass is 10.1. The lowest BCUT2D eigenvalue weighted by Gasteiger charge is -2.19. The van der Waals surface area contributed by atoms with E-state index in [-0.39, 0.29) is 24.0 Å². The lowest BCUT2D eigenvalue weighted by molar-refractivity contribution is 0.411. The van der Waals surface area contributed by atoms with Gasteiger partial charge in [0.25, 0.3) is 0 Å². The van der Waals surface area contributed by atoms with Crippen molar-refractivity contribution < 1.29 is 9.50 Å². The van der Waals surface area contributed by atoms with Crippen molar-refractivity contribution in [1.29, 1.82) is 5.41 Å². The van der Waals surface area contributed by atoms with Crippen molar-refractivity contribution >= 4 is 28.1 Å². The van der Waals surface area contributed by atoms with Gasteiger partial charge >= 0.3 is 0 Å². The second-order valence-corrected chi connectivity index (χ2v) is 6.35. The van der Waals surface area contributed by atoms with Crippen LogP contribution in [0.1, 0.15) is 17.0 Å². The van der Waals surface area contributed by atoms with Crippen LogP contribution in [0.5, 0.6) is 0 Å². The summed E-state index contributed by atoms with van der Waals surface area (Å²) in [5.41, 5.74) is 4.51. The number of aromatic nitrogens is 2. The fourth-order valence-corrected chi connectivity index (χ4v) is 3.26. The van der Waals surface area contributed by atoms with Gasteiger partial charge in [-0.25, -0.2) is 9.37 Å². The molecule has 2 heterocycles. The van der Waals surface area contributed by atoms with Crippen LogP contribution >= 0.6 is 0 Å². The number of imidazole rings is 1. The summed E-state index contributed by atoms with van der Waals surface area (Å²) in [5, 5.41) is 18.9. The Balaban J connectivity index is 1.74. The third kappa shape index (κ3) is 2.55. The second-order valence-electron chi connectivity index (χ2n) is 6.35. The molecule has 25 heavy (non-hydrogen) atoms. The van der Waals surface area contributed by atoms with Crippen molar-refractivity contribution in [3.63, 3.8) is 0 Å². The van der Waals surface area contributed by atoms with Gasteiger partial charge in [0.1, 0.15) is 23.2 Å². The first kappa shape index (κ1) is 15.4. The fraction of sp³-hybridized carbons (Fsp3) is 0.158. The zero-order valence-electron chi connectivity index (χ0n) is 13.9. The van der Waals surface area contributed by atoms with Crippen molar-refractivity contribution in [2.45, 2.75) is 13.8 Å². The second kappa shape index (κ2) is 5.44. The van der Waals surface area contributed by atoms with Crippen molar-refractivity contribution in [1.82, 2.24) is 9.97 Å². The normalized spacial score (nSPS) is 14.8. The monoisotopic (exact) mass is 336 g/mol. The molecular weight excluding hydrogens is 319 g/mol. The van der Waals surface area contributed by atoms with Crippen LogP contribution in [-0.4, -0.2) is 27.5 Å². The van der Waals surface area contributed by atoms with E-state index in [2.05, 4.69) is 16.0 Å². The van der Waals surface area contributed by atoms with Crippen LogP contribution in [0.25, 0.3) is 16.6 Å². The van der Waals surface area contributed by atoms with Crippen LogP contribution < -0.4 is 4.90 Å². The average Bonchev–Trinajstić information content (AvgIpc) is 3.06. The number of nitrogens with zero attached hydrogens (tertiary/aromatic N) is 2. The number of hydrogen-bond donors (Lipinski definition) is 3. The zero-order chi connectivity index (χ0) is 17.7. The average molecular weight is 336 g/mol. The molecule has 0 unspecified atom stereocenters. The molecule has 2 aromatic carbocycles. The van der Waals surface area contributed by atoms with E-state index in [4.69, 9.17) is 5.41 Å². The van der Waals surface area contributed by atoms with E-state index in [1.807, 2.05) is 26.0 Å². The number of amidine groups is 1. The Morgan fingerprint density at radius 2 is 1.88 bits per heavy atom. The summed E-state index contributed by atoms with van der Waals surface area (Å²) in [6, 6.07) is 10.3. The molecule has 0 radical (unpaired) electrons. The molecule has 0 amide bonds. The maximum atomic E-state index is 13.4. The quantitative estimate of drug-likeness (QED) is 0.660. The van der Waals surface area contributed by atoms with Crippen molar-refractivity contribution in [2.75, 3.05) is 11.4 Å². The molecule has 6 heteroatoms. The number of aryl methyl sites for hydroxylation is 2. The molecule has 1 aliphatic heterocycles. The number of rotatable bonds is 2. The molecule has 0 saturated heterocycles. The number of fused-ring (bicyclic) bond motifs is 1. The summed E-state index contributed by atoms with van der Waals surface area (Å²) in [6.45, 7) is 4.21. The van der Waals surface area contributed by atoms with Crippen molar-refractivity contribution in [3.8, 4) is 0 Å². The third-order valence-electron chi connectivity index (χ3n) is 4.30. The number of benzene rings is 2. The Bertz CT molecular complexity index is 1030. The molecule has 0 atom stereocenters. The van der Waals surface area contributed by atoms with Gasteiger partial charge in [-0.3, -0.25) is 5.41 Å². The highest BCUT2D eigenvalue weighted by molar-refractivity contribution is 6.30. The summed E-state index contributed by atoms with van der Waals surface area (Å²) < 4.78 is 13.4. The van der Waals surface area contributed by atoms with Crippen molar-refractivity contribution in [3.05, 3.63) is 64.9 Å². The van der Waals surface area contributed by atoms with Gasteiger partial charge in [-0.05, 0) is 55.3 Å². The van der Waals surface area contributed by atoms with Gasteiger partial charge in [0.05, 0.1) is 23.2 Å². The lowest BCUT2D eigenvalue weighted by Crippen LogP contribution is -2.26. The molecule has 4 rings (SSSR count). The molecule has 126 valence electrons. The van der Waals surface area contributed by atoms with E-state index in [1.165, 1.54) is 12.1 Å². The topological polar surface area (TPSA) is 76.0 Å². The van der Waals surface area contributed by atoms with E-state index < -0.39 is 0 Å². The third-order valence-corrected chi connectivity index (χ3v) is 4.30. The van der Waals surface area contributed by atoms with E-state index >= 15 is 0 Å². The van der Waals surface area contributed by atoms with Crippen LogP contribution in [0.4, 0.5) is 10.1 Å². The molecule has 0 bridgehead atoms. The summed E-state index contributed by atoms with van der Waals surface area (Å²) in [4.78, 5) is 9.12. The minimum Gasteiger partial charge on any atom is -0.509 e. The Morgan fingerprint density at radius 3 is 2.60 bits per heavy atom. The molecule has 0 saturated carbocycles. The largest absolute Gasteiger partial charge is 0.509 e. The van der Waals surface area contributed by atoms with Gasteiger partial charge in [0, 0.05) is 5.69 Å². The van der Waals surface area contributed by atoms with Crippen LogP contribution in [-0.2, 0) is 0 Å². The summed E-state index contributed by atoms with van der Waals surface area (Å²) in [6.07, 6.45) is 0. The Hall–Kier alpha value is -3.15. The highest BCUT2D eigenvalue weighted by Gasteiger charge is 2.31. The Morgan fingerprint density at radius 1 is 1.16 bits per heavy atom. The Labute approximate surface area is 143 Å². The van der Waals surface area contributed by atoms with Crippen molar-refractivity contribution in [2.24, 2.45) is 0 Å². The molecule has 1 aromatic heterocycles. The first-order valence-corrected chi connectivity index (χ1v) is 7.95. The smallest absolute Gasteiger partial charge is 0.145 e. The minimum atomic E-state index is -0.362. The predicted octanol–water partition coefficient (Wildman–Crippen LogP) is 4.09. The highest BCUT2D eigenvalue weighted by atomic mass is 19.1. The first-order valence-electron chi connectivity index (χ1n) is 7.95. The summed E-state index contributed by atoms with van der Waals surface area (Å²) >= 11 is 0. The number of H-pyrrole nitrogens is 1. The Kier molecular flexibility index (Phi) is 3.35. The predicted molar refractivity (Wildman–Crippen MR) is 96.6 cm³/mol. The van der Waals surface area contributed by atoms with Crippen LogP contribution in [0, 0.1) is 25.1 Å². The number of anilines is 1. The molecule has 0 fully saturated rings. The summed E-state index contributed by atoms with van der Waals surface area (Å²) in [7, 11) is 0. The molecule has 0 spiro atoms. The molecule has 3 N–H and O–H groups in total. The van der Waals surface area contributed by atoms with E-state index in [9.17, 15) is 9.50 Å². The number of halogens is 1. The fourth-order valence-electron chi connectivity index (χ4n) is 3.26. The molecule has 0 aliphatic carbocycles. The first-order chi connectivity index (χ1) is 11.9. The molecule has 1 aliphatic rings. The van der Waals surface area contributed by atoms with Gasteiger partial charge in [0.15, 0.2) is 0 Å². The number of aromatic amines is 1. The number of nitrogens with one attached hydrogen (secondary N) is 2. The van der Waals surface area contributed by atoms with Gasteiger partial charge < -0.3 is 15.0 Å². The van der Waals surface area contributed by atoms with Gasteiger partial charge in [0.2, 0.25) is 0 Å². The van der Waals surface area contributed by atoms with Gasteiger partial charge in [-0.1, -0.05) is 6.07 Å². The van der Waals surface area contributed by atoms with E-state index in [0.717, 1.165) is 16.8 Å². The van der Waals surface area contributed by atoms with Gasteiger partial charge in [-0.2, -0.15) is 0 Å². The maximum Gasteiger partial charge on any atom is 0.145 e. The number of aliphatic hydroxyl groups excluding tert-OH is 1. The maximum absolute atomic E-state index is 13.4. The van der Waals surface area contributed by atoms with E-state index in [1.54, 1.807) is 11.0 Å². The molecular formula is C19H17FN4O. The number of aliphatic hydroxyl groups is 1. The van der Waals surface area contributed by atoms with E-state index in [0.29, 0.717) is 22.4 Å². The molecule has 5 nitrogen and oxygen atoms in total. The zero-order valence-corrected chi connectivity index (χ0v) is 13.9. The SMILES string of the molecule is Cc1cc(C)cc(N2CC(O)=C(c3nc4ccc(F)cc4[nH]3)C2=N)c1. The van der Waals surface area contributed by atoms with Gasteiger partial charge in [-0.15, -0.1) is 0 Å². The van der Waals surface area contributed by atoms with Crippen LogP contribution in [0.3, 0.4) is 0 Å². The standard InChI is InChI=1S/C19H17FN4O/c1-10-5-11(2)7-13(6-10)24-9-16(25)17(18(24)21)19-22-14-4-3-12(20)8-15(14)23-19/h3-8,21,25H,9H2,1-2H3,(H,22,23). The number of hydrogen-bond acceptors (Lipinski definition) is 3. The summed E-state index contributed by atoms with van der Waals surface area (Å²) in [5.74, 6) is 0.250. The molecule has 3 aromatic rings. The van der Waals surface area contributed by atoms with Crippen LogP contribution in [0.2, 0.25) is 0 Å².